The van der Waals surface area contributed by atoms with E-state index < -0.39 is 5.82 Å². The molecule has 1 aromatic carbocycles. The third kappa shape index (κ3) is 3.34. The van der Waals surface area contributed by atoms with Gasteiger partial charge in [0.1, 0.15) is 5.82 Å². The zero-order valence-electron chi connectivity index (χ0n) is 10.9. The predicted octanol–water partition coefficient (Wildman–Crippen LogP) is 2.79. The van der Waals surface area contributed by atoms with Crippen LogP contribution < -0.4 is 5.73 Å². The molecule has 0 bridgehead atoms. The minimum absolute atomic E-state index is 0.0605. The van der Waals surface area contributed by atoms with Crippen molar-refractivity contribution in [1.82, 2.24) is 4.90 Å². The van der Waals surface area contributed by atoms with Gasteiger partial charge >= 0.3 is 0 Å². The Morgan fingerprint density at radius 1 is 1.58 bits per heavy atom. The number of amides is 1. The van der Waals surface area contributed by atoms with Crippen LogP contribution in [0, 0.1) is 11.7 Å². The van der Waals surface area contributed by atoms with Gasteiger partial charge in [0, 0.05) is 23.6 Å². The fraction of sp³-hybridized carbons (Fsp3) is 0.500. The Bertz CT molecular complexity index is 479. The van der Waals surface area contributed by atoms with E-state index in [1.54, 1.807) is 11.0 Å². The Balaban J connectivity index is 2.15. The molecule has 0 aromatic heterocycles. The van der Waals surface area contributed by atoms with Crippen LogP contribution >= 0.6 is 15.9 Å². The van der Waals surface area contributed by atoms with E-state index in [0.717, 1.165) is 12.8 Å². The molecule has 104 valence electrons. The first kappa shape index (κ1) is 14.5. The molecule has 0 saturated carbocycles. The van der Waals surface area contributed by atoms with Crippen LogP contribution in [-0.4, -0.2) is 29.9 Å². The highest BCUT2D eigenvalue weighted by Gasteiger charge is 2.27. The zero-order chi connectivity index (χ0) is 14.0. The summed E-state index contributed by atoms with van der Waals surface area (Å²) in [5.41, 5.74) is 6.03. The average molecular weight is 329 g/mol. The molecule has 2 atom stereocenters. The van der Waals surface area contributed by atoms with E-state index in [-0.39, 0.29) is 17.5 Å². The fourth-order valence-electron chi connectivity index (χ4n) is 2.46. The molecule has 1 fully saturated rings. The molecule has 2 rings (SSSR count). The Morgan fingerprint density at radius 3 is 2.95 bits per heavy atom. The summed E-state index contributed by atoms with van der Waals surface area (Å²) in [6.45, 7) is 3.25. The minimum Gasteiger partial charge on any atom is -0.338 e. The smallest absolute Gasteiger partial charge is 0.256 e. The molecule has 2 N–H and O–H groups in total. The van der Waals surface area contributed by atoms with Gasteiger partial charge in [0.25, 0.3) is 5.91 Å². The normalized spacial score (nSPS) is 21.3. The lowest BCUT2D eigenvalue weighted by Crippen LogP contribution is -2.45. The molecule has 1 heterocycles. The van der Waals surface area contributed by atoms with Crippen molar-refractivity contribution < 1.29 is 9.18 Å². The lowest BCUT2D eigenvalue weighted by Gasteiger charge is -2.34. The number of nitrogens with two attached hydrogens (primary N) is 1. The van der Waals surface area contributed by atoms with Gasteiger partial charge in [-0.05, 0) is 43.9 Å². The monoisotopic (exact) mass is 328 g/mol. The number of benzene rings is 1. The molecule has 1 saturated heterocycles. The third-order valence-electron chi connectivity index (χ3n) is 3.65. The number of nitrogens with zero attached hydrogens (tertiary/aromatic N) is 1. The molecule has 0 unspecified atom stereocenters. The van der Waals surface area contributed by atoms with E-state index in [0.29, 0.717) is 23.5 Å². The van der Waals surface area contributed by atoms with Crippen LogP contribution in [-0.2, 0) is 0 Å². The lowest BCUT2D eigenvalue weighted by molar-refractivity contribution is 0.0656. The van der Waals surface area contributed by atoms with E-state index in [9.17, 15) is 9.18 Å². The van der Waals surface area contributed by atoms with Crippen LogP contribution in [0.2, 0.25) is 0 Å². The summed E-state index contributed by atoms with van der Waals surface area (Å²) in [6.07, 6.45) is 1.96. The summed E-state index contributed by atoms with van der Waals surface area (Å²) in [5.74, 6) is -0.422. The van der Waals surface area contributed by atoms with Crippen molar-refractivity contribution in [2.75, 3.05) is 13.1 Å². The van der Waals surface area contributed by atoms with Crippen molar-refractivity contribution in [1.29, 1.82) is 0 Å². The molecule has 1 aromatic rings. The van der Waals surface area contributed by atoms with Crippen LogP contribution in [0.1, 0.15) is 30.1 Å². The highest BCUT2D eigenvalue weighted by molar-refractivity contribution is 9.10. The summed E-state index contributed by atoms with van der Waals surface area (Å²) in [6, 6.07) is 4.59. The van der Waals surface area contributed by atoms with Crippen molar-refractivity contribution in [3.05, 3.63) is 34.1 Å². The van der Waals surface area contributed by atoms with Crippen molar-refractivity contribution in [2.45, 2.75) is 25.8 Å². The van der Waals surface area contributed by atoms with Gasteiger partial charge in [0.05, 0.1) is 5.56 Å². The molecule has 0 aliphatic carbocycles. The van der Waals surface area contributed by atoms with Crippen LogP contribution in [0.4, 0.5) is 4.39 Å². The predicted molar refractivity (Wildman–Crippen MR) is 76.4 cm³/mol. The number of carbonyl (C=O) groups excluding carboxylic acids is 1. The first-order valence-corrected chi connectivity index (χ1v) is 7.28. The maximum absolute atomic E-state index is 13.8. The number of hydrogen-bond acceptors (Lipinski definition) is 2. The number of halogens is 2. The maximum atomic E-state index is 13.8. The molecule has 1 amide bonds. The molecule has 0 radical (unpaired) electrons. The summed E-state index contributed by atoms with van der Waals surface area (Å²) in [4.78, 5) is 14.0. The molecule has 5 heteroatoms. The van der Waals surface area contributed by atoms with Crippen LogP contribution in [0.3, 0.4) is 0 Å². The average Bonchev–Trinajstić information content (AvgIpc) is 2.38. The number of rotatable bonds is 2. The van der Waals surface area contributed by atoms with E-state index in [1.165, 1.54) is 12.1 Å². The minimum atomic E-state index is -0.484. The van der Waals surface area contributed by atoms with Gasteiger partial charge < -0.3 is 10.6 Å². The number of hydrogen-bond donors (Lipinski definition) is 1. The molecule has 19 heavy (non-hydrogen) atoms. The first-order valence-electron chi connectivity index (χ1n) is 6.49. The van der Waals surface area contributed by atoms with Crippen LogP contribution in [0.5, 0.6) is 0 Å². The molecule has 3 nitrogen and oxygen atoms in total. The summed E-state index contributed by atoms with van der Waals surface area (Å²) < 4.78 is 14.4. The Hall–Kier alpha value is -0.940. The lowest BCUT2D eigenvalue weighted by atomic mass is 9.92. The largest absolute Gasteiger partial charge is 0.338 e. The van der Waals surface area contributed by atoms with E-state index in [2.05, 4.69) is 15.9 Å². The Labute approximate surface area is 121 Å². The molecular weight excluding hydrogens is 311 g/mol. The first-order chi connectivity index (χ1) is 8.99. The van der Waals surface area contributed by atoms with Crippen molar-refractivity contribution in [2.24, 2.45) is 11.7 Å². The second-order valence-corrected chi connectivity index (χ2v) is 6.05. The topological polar surface area (TPSA) is 46.3 Å². The van der Waals surface area contributed by atoms with Crippen molar-refractivity contribution in [3.63, 3.8) is 0 Å². The molecule has 1 aliphatic rings. The third-order valence-corrected chi connectivity index (χ3v) is 4.14. The van der Waals surface area contributed by atoms with Gasteiger partial charge in [-0.1, -0.05) is 15.9 Å². The fourth-order valence-corrected chi connectivity index (χ4v) is 2.79. The van der Waals surface area contributed by atoms with Crippen molar-refractivity contribution in [3.8, 4) is 0 Å². The van der Waals surface area contributed by atoms with Gasteiger partial charge in [0.2, 0.25) is 0 Å². The quantitative estimate of drug-likeness (QED) is 0.907. The SMILES string of the molecule is C[C@@H](N)[C@@H]1CCCN(C(=O)c2ccc(Br)cc2F)C1. The second-order valence-electron chi connectivity index (χ2n) is 5.14. The standard InChI is InChI=1S/C14H18BrFN2O/c1-9(17)10-3-2-6-18(8-10)14(19)12-5-4-11(15)7-13(12)16/h4-5,7,9-10H,2-3,6,8,17H2,1H3/t9-,10-/m1/s1. The zero-order valence-corrected chi connectivity index (χ0v) is 12.5. The maximum Gasteiger partial charge on any atom is 0.256 e. The van der Waals surface area contributed by atoms with Crippen LogP contribution in [0.15, 0.2) is 22.7 Å². The molecular formula is C14H18BrFN2O. The Morgan fingerprint density at radius 2 is 2.32 bits per heavy atom. The summed E-state index contributed by atoms with van der Waals surface area (Å²) >= 11 is 3.19. The summed E-state index contributed by atoms with van der Waals surface area (Å²) in [5, 5.41) is 0. The van der Waals surface area contributed by atoms with Crippen LogP contribution in [0.25, 0.3) is 0 Å². The molecule has 1 aliphatic heterocycles. The molecule has 0 spiro atoms. The van der Waals surface area contributed by atoms with Gasteiger partial charge in [-0.2, -0.15) is 0 Å². The van der Waals surface area contributed by atoms with Gasteiger partial charge in [-0.3, -0.25) is 4.79 Å². The number of piperidine rings is 1. The second kappa shape index (κ2) is 6.01. The summed E-state index contributed by atoms with van der Waals surface area (Å²) in [7, 11) is 0. The van der Waals surface area contributed by atoms with E-state index in [4.69, 9.17) is 5.73 Å². The number of likely N-dealkylation sites (tertiary alicyclic amines) is 1. The highest BCUT2D eigenvalue weighted by atomic mass is 79.9. The van der Waals surface area contributed by atoms with E-state index in [1.807, 2.05) is 6.92 Å². The highest BCUT2D eigenvalue weighted by Crippen LogP contribution is 2.22. The van der Waals surface area contributed by atoms with Gasteiger partial charge in [0.15, 0.2) is 0 Å². The Kier molecular flexibility index (Phi) is 4.58. The van der Waals surface area contributed by atoms with Gasteiger partial charge in [-0.15, -0.1) is 0 Å². The van der Waals surface area contributed by atoms with Crippen molar-refractivity contribution >= 4 is 21.8 Å². The van der Waals surface area contributed by atoms with E-state index >= 15 is 0 Å². The number of carbonyl (C=O) groups is 1. The van der Waals surface area contributed by atoms with Gasteiger partial charge in [-0.25, -0.2) is 4.39 Å².